The number of hydrogen-bond donors (Lipinski definition) is 1. The van der Waals surface area contributed by atoms with Crippen molar-refractivity contribution in [3.63, 3.8) is 0 Å². The Morgan fingerprint density at radius 1 is 1.21 bits per heavy atom. The topological polar surface area (TPSA) is 56.2 Å². The monoisotopic (exact) mass is 325 g/mol. The summed E-state index contributed by atoms with van der Waals surface area (Å²) in [6.45, 7) is 2.15. The van der Waals surface area contributed by atoms with Gasteiger partial charge in [0.25, 0.3) is 0 Å². The van der Waals surface area contributed by atoms with Crippen molar-refractivity contribution < 1.29 is 9.53 Å². The molecule has 0 aliphatic carbocycles. The highest BCUT2D eigenvalue weighted by Gasteiger charge is 2.42. The van der Waals surface area contributed by atoms with E-state index in [0.29, 0.717) is 13.2 Å². The van der Waals surface area contributed by atoms with Crippen molar-refractivity contribution in [2.45, 2.75) is 43.7 Å². The summed E-state index contributed by atoms with van der Waals surface area (Å²) < 4.78 is 7.56. The number of hydrogen-bond acceptors (Lipinski definition) is 3. The minimum absolute atomic E-state index is 0.148. The van der Waals surface area contributed by atoms with Crippen molar-refractivity contribution in [2.24, 2.45) is 0 Å². The predicted molar refractivity (Wildman–Crippen MR) is 90.7 cm³/mol. The van der Waals surface area contributed by atoms with E-state index in [1.54, 1.807) is 0 Å². The third-order valence-corrected chi connectivity index (χ3v) is 5.39. The van der Waals surface area contributed by atoms with E-state index in [4.69, 9.17) is 4.74 Å². The average molecular weight is 325 g/mol. The normalized spacial score (nSPS) is 22.6. The molecular weight excluding hydrogens is 302 g/mol. The quantitative estimate of drug-likeness (QED) is 0.940. The van der Waals surface area contributed by atoms with Gasteiger partial charge in [0.2, 0.25) is 5.91 Å². The number of ether oxygens (including phenoxy) is 1. The predicted octanol–water partition coefficient (Wildman–Crippen LogP) is 2.06. The Bertz CT molecular complexity index is 704. The number of rotatable bonds is 3. The molecule has 0 bridgehead atoms. The molecule has 1 amide bonds. The van der Waals surface area contributed by atoms with Crippen LogP contribution >= 0.6 is 0 Å². The minimum Gasteiger partial charge on any atom is -0.381 e. The van der Waals surface area contributed by atoms with Gasteiger partial charge in [0.05, 0.1) is 5.41 Å². The van der Waals surface area contributed by atoms with Crippen molar-refractivity contribution in [1.82, 2.24) is 15.1 Å². The zero-order chi connectivity index (χ0) is 16.4. The molecule has 1 atom stereocenters. The minimum atomic E-state index is -0.461. The van der Waals surface area contributed by atoms with E-state index in [2.05, 4.69) is 22.5 Å². The van der Waals surface area contributed by atoms with Crippen molar-refractivity contribution in [1.29, 1.82) is 0 Å². The lowest BCUT2D eigenvalue weighted by molar-refractivity contribution is -0.131. The largest absolute Gasteiger partial charge is 0.381 e. The van der Waals surface area contributed by atoms with Gasteiger partial charge in [-0.15, -0.1) is 0 Å². The Balaban J connectivity index is 1.54. The van der Waals surface area contributed by atoms with Crippen LogP contribution in [0.4, 0.5) is 0 Å². The maximum Gasteiger partial charge on any atom is 0.231 e. The number of amides is 1. The van der Waals surface area contributed by atoms with Crippen LogP contribution < -0.4 is 5.32 Å². The summed E-state index contributed by atoms with van der Waals surface area (Å²) in [5.41, 5.74) is 1.84. The van der Waals surface area contributed by atoms with Gasteiger partial charge in [-0.1, -0.05) is 30.3 Å². The number of nitrogens with zero attached hydrogens (tertiary/aromatic N) is 2. The molecule has 2 aromatic rings. The number of carbonyl (C=O) groups is 1. The molecule has 5 heteroatoms. The molecule has 1 aromatic carbocycles. The van der Waals surface area contributed by atoms with Crippen LogP contribution in [0, 0.1) is 0 Å². The Labute approximate surface area is 142 Å². The van der Waals surface area contributed by atoms with E-state index in [0.717, 1.165) is 37.8 Å². The summed E-state index contributed by atoms with van der Waals surface area (Å²) in [6.07, 6.45) is 5.11. The fraction of sp³-hybridized carbons (Fsp3) is 0.474. The molecule has 1 N–H and O–H groups in total. The molecule has 24 heavy (non-hydrogen) atoms. The zero-order valence-corrected chi connectivity index (χ0v) is 13.8. The number of nitrogens with one attached hydrogen (secondary N) is 1. The second-order valence-corrected chi connectivity index (χ2v) is 6.77. The van der Waals surface area contributed by atoms with E-state index >= 15 is 0 Å². The molecule has 1 fully saturated rings. The smallest absolute Gasteiger partial charge is 0.231 e. The van der Waals surface area contributed by atoms with Crippen molar-refractivity contribution in [3.8, 4) is 0 Å². The van der Waals surface area contributed by atoms with Gasteiger partial charge in [-0.05, 0) is 30.9 Å². The first kappa shape index (κ1) is 15.4. The van der Waals surface area contributed by atoms with Gasteiger partial charge in [-0.3, -0.25) is 9.48 Å². The summed E-state index contributed by atoms with van der Waals surface area (Å²) in [4.78, 5) is 13.2. The SMILES string of the molecule is O=C(NC1CCn2nccc2C1)C1(c2ccccc2)CCOCC1. The molecule has 126 valence electrons. The fourth-order valence-corrected chi connectivity index (χ4v) is 3.94. The summed E-state index contributed by atoms with van der Waals surface area (Å²) in [5, 5.41) is 7.63. The van der Waals surface area contributed by atoms with Crippen molar-refractivity contribution >= 4 is 5.91 Å². The molecular formula is C19H23N3O2. The van der Waals surface area contributed by atoms with Gasteiger partial charge >= 0.3 is 0 Å². The second-order valence-electron chi connectivity index (χ2n) is 6.77. The number of aryl methyl sites for hydroxylation is 1. The highest BCUT2D eigenvalue weighted by Crippen LogP contribution is 2.35. The molecule has 1 unspecified atom stereocenters. The summed E-state index contributed by atoms with van der Waals surface area (Å²) in [7, 11) is 0. The summed E-state index contributed by atoms with van der Waals surface area (Å²) >= 11 is 0. The first-order valence-corrected chi connectivity index (χ1v) is 8.73. The maximum atomic E-state index is 13.2. The average Bonchev–Trinajstić information content (AvgIpc) is 3.11. The molecule has 2 aliphatic rings. The summed E-state index contributed by atoms with van der Waals surface area (Å²) in [6, 6.07) is 12.4. The lowest BCUT2D eigenvalue weighted by Crippen LogP contribution is -2.52. The van der Waals surface area contributed by atoms with Crippen LogP contribution in [0.3, 0.4) is 0 Å². The van der Waals surface area contributed by atoms with E-state index in [9.17, 15) is 4.79 Å². The molecule has 1 aromatic heterocycles. The van der Waals surface area contributed by atoms with Gasteiger partial charge in [0.1, 0.15) is 0 Å². The fourth-order valence-electron chi connectivity index (χ4n) is 3.94. The Hall–Kier alpha value is -2.14. The Kier molecular flexibility index (Phi) is 4.10. The van der Waals surface area contributed by atoms with Crippen LogP contribution in [-0.2, 0) is 27.9 Å². The van der Waals surface area contributed by atoms with Gasteiger partial charge < -0.3 is 10.1 Å². The third-order valence-electron chi connectivity index (χ3n) is 5.39. The molecule has 2 aliphatic heterocycles. The first-order chi connectivity index (χ1) is 11.8. The lowest BCUT2D eigenvalue weighted by Gasteiger charge is -2.38. The molecule has 0 saturated carbocycles. The van der Waals surface area contributed by atoms with Gasteiger partial charge in [-0.25, -0.2) is 0 Å². The maximum absolute atomic E-state index is 13.2. The molecule has 3 heterocycles. The lowest BCUT2D eigenvalue weighted by atomic mass is 9.73. The van der Waals surface area contributed by atoms with Crippen LogP contribution in [0.1, 0.15) is 30.5 Å². The van der Waals surface area contributed by atoms with Gasteiger partial charge in [0, 0.05) is 44.1 Å². The number of benzene rings is 1. The highest BCUT2D eigenvalue weighted by atomic mass is 16.5. The molecule has 0 spiro atoms. The number of fused-ring (bicyclic) bond motifs is 1. The molecule has 1 saturated heterocycles. The van der Waals surface area contributed by atoms with E-state index in [-0.39, 0.29) is 11.9 Å². The molecule has 4 rings (SSSR count). The van der Waals surface area contributed by atoms with Crippen LogP contribution in [0.25, 0.3) is 0 Å². The van der Waals surface area contributed by atoms with Crippen LogP contribution in [-0.4, -0.2) is 34.9 Å². The number of aromatic nitrogens is 2. The van der Waals surface area contributed by atoms with Crippen molar-refractivity contribution in [3.05, 3.63) is 53.9 Å². The van der Waals surface area contributed by atoms with E-state index in [1.165, 1.54) is 5.69 Å². The van der Waals surface area contributed by atoms with Crippen LogP contribution in [0.15, 0.2) is 42.6 Å². The highest BCUT2D eigenvalue weighted by molar-refractivity contribution is 5.88. The molecule has 0 radical (unpaired) electrons. The molecule has 5 nitrogen and oxygen atoms in total. The third kappa shape index (κ3) is 2.73. The Morgan fingerprint density at radius 2 is 2.00 bits per heavy atom. The van der Waals surface area contributed by atoms with Crippen molar-refractivity contribution in [2.75, 3.05) is 13.2 Å². The van der Waals surface area contributed by atoms with Crippen LogP contribution in [0.2, 0.25) is 0 Å². The van der Waals surface area contributed by atoms with E-state index < -0.39 is 5.41 Å². The van der Waals surface area contributed by atoms with Gasteiger partial charge in [0.15, 0.2) is 0 Å². The summed E-state index contributed by atoms with van der Waals surface area (Å²) in [5.74, 6) is 0.148. The van der Waals surface area contributed by atoms with Crippen LogP contribution in [0.5, 0.6) is 0 Å². The first-order valence-electron chi connectivity index (χ1n) is 8.73. The standard InChI is InChI=1S/C19H23N3O2/c23-18(21-16-7-11-22-17(14-16)6-10-20-22)19(8-12-24-13-9-19)15-4-2-1-3-5-15/h1-6,10,16H,7-9,11-14H2,(H,21,23). The second kappa shape index (κ2) is 6.40. The zero-order valence-electron chi connectivity index (χ0n) is 13.8. The Morgan fingerprint density at radius 3 is 2.79 bits per heavy atom. The number of carbonyl (C=O) groups excluding carboxylic acids is 1. The van der Waals surface area contributed by atoms with E-state index in [1.807, 2.05) is 35.1 Å². The van der Waals surface area contributed by atoms with Gasteiger partial charge in [-0.2, -0.15) is 5.10 Å².